The van der Waals surface area contributed by atoms with E-state index in [9.17, 15) is 13.2 Å². The van der Waals surface area contributed by atoms with Gasteiger partial charge in [0.25, 0.3) is 0 Å². The molecule has 1 saturated heterocycles. The summed E-state index contributed by atoms with van der Waals surface area (Å²) in [6.45, 7) is 6.25. The Morgan fingerprint density at radius 1 is 1.32 bits per heavy atom. The van der Waals surface area contributed by atoms with Crippen LogP contribution in [0.2, 0.25) is 0 Å². The van der Waals surface area contributed by atoms with Crippen LogP contribution in [0.4, 0.5) is 0 Å². The Hall–Kier alpha value is -0.620. The van der Waals surface area contributed by atoms with E-state index in [4.69, 9.17) is 0 Å². The smallest absolute Gasteiger partial charge is 0.224 e. The maximum absolute atomic E-state index is 12.1. The molecule has 0 aromatic rings. The molecule has 0 bridgehead atoms. The van der Waals surface area contributed by atoms with Gasteiger partial charge in [0.05, 0.1) is 11.5 Å². The molecule has 0 radical (unpaired) electrons. The first-order valence-corrected chi connectivity index (χ1v) is 9.03. The Morgan fingerprint density at radius 2 is 2.05 bits per heavy atom. The molecule has 1 aliphatic heterocycles. The van der Waals surface area contributed by atoms with Crippen molar-refractivity contribution in [3.05, 3.63) is 0 Å². The molecule has 0 spiro atoms. The molecule has 5 nitrogen and oxygen atoms in total. The second-order valence-electron chi connectivity index (χ2n) is 5.09. The lowest BCUT2D eigenvalue weighted by Crippen LogP contribution is -2.42. The normalized spacial score (nSPS) is 21.5. The van der Waals surface area contributed by atoms with Crippen LogP contribution in [0.3, 0.4) is 0 Å². The average Bonchev–Trinajstić information content (AvgIpc) is 2.70. The second-order valence-corrected chi connectivity index (χ2v) is 7.32. The molecule has 0 aromatic heterocycles. The van der Waals surface area contributed by atoms with Crippen LogP contribution in [0, 0.1) is 0 Å². The molecule has 0 aromatic carbocycles. The van der Waals surface area contributed by atoms with Gasteiger partial charge in [0, 0.05) is 25.6 Å². The van der Waals surface area contributed by atoms with E-state index >= 15 is 0 Å². The number of hydrogen-bond donors (Lipinski definition) is 1. The zero-order chi connectivity index (χ0) is 14.3. The van der Waals surface area contributed by atoms with Crippen LogP contribution >= 0.6 is 0 Å². The van der Waals surface area contributed by atoms with E-state index in [1.54, 1.807) is 4.90 Å². The minimum Gasteiger partial charge on any atom is -0.339 e. The highest BCUT2D eigenvalue weighted by molar-refractivity contribution is 7.91. The molecule has 1 amide bonds. The predicted molar refractivity (Wildman–Crippen MR) is 76.8 cm³/mol. The van der Waals surface area contributed by atoms with Gasteiger partial charge in [0.1, 0.15) is 0 Å². The second kappa shape index (κ2) is 7.85. The van der Waals surface area contributed by atoms with E-state index in [0.717, 1.165) is 19.4 Å². The predicted octanol–water partition coefficient (Wildman–Crippen LogP) is 0.802. The summed E-state index contributed by atoms with van der Waals surface area (Å²) >= 11 is 0. The zero-order valence-corrected chi connectivity index (χ0v) is 12.8. The van der Waals surface area contributed by atoms with E-state index in [1.165, 1.54) is 0 Å². The number of carbonyl (C=O) groups excluding carboxylic acids is 1. The molecule has 6 heteroatoms. The fourth-order valence-electron chi connectivity index (χ4n) is 2.43. The quantitative estimate of drug-likeness (QED) is 0.672. The first-order chi connectivity index (χ1) is 9.00. The van der Waals surface area contributed by atoms with Crippen LogP contribution in [0.25, 0.3) is 0 Å². The summed E-state index contributed by atoms with van der Waals surface area (Å²) in [5.41, 5.74) is 0. The van der Waals surface area contributed by atoms with E-state index < -0.39 is 9.84 Å². The molecule has 1 heterocycles. The molecule has 1 N–H and O–H groups in total. The number of rotatable bonds is 8. The van der Waals surface area contributed by atoms with Crippen LogP contribution in [0.1, 0.15) is 39.5 Å². The SMILES string of the molecule is CCCCNCCC(=O)N(CC)C1CCS(=O)(=O)C1. The molecule has 112 valence electrons. The molecule has 1 unspecified atom stereocenters. The van der Waals surface area contributed by atoms with Crippen molar-refractivity contribution < 1.29 is 13.2 Å². The molecular formula is C13H26N2O3S. The first kappa shape index (κ1) is 16.4. The maximum Gasteiger partial charge on any atom is 0.224 e. The van der Waals surface area contributed by atoms with Crippen molar-refractivity contribution >= 4 is 15.7 Å². The number of sulfone groups is 1. The van der Waals surface area contributed by atoms with Crippen LogP contribution in [-0.4, -0.2) is 56.4 Å². The van der Waals surface area contributed by atoms with Gasteiger partial charge in [-0.15, -0.1) is 0 Å². The fourth-order valence-corrected chi connectivity index (χ4v) is 4.16. The molecule has 1 rings (SSSR count). The fraction of sp³-hybridized carbons (Fsp3) is 0.923. The lowest BCUT2D eigenvalue weighted by atomic mass is 10.2. The van der Waals surface area contributed by atoms with Crippen molar-refractivity contribution in [3.8, 4) is 0 Å². The third-order valence-electron chi connectivity index (χ3n) is 3.53. The van der Waals surface area contributed by atoms with Gasteiger partial charge in [-0.05, 0) is 26.3 Å². The summed E-state index contributed by atoms with van der Waals surface area (Å²) in [5, 5.41) is 3.24. The number of amides is 1. The van der Waals surface area contributed by atoms with E-state index in [1.807, 2.05) is 6.92 Å². The lowest BCUT2D eigenvalue weighted by Gasteiger charge is -2.27. The van der Waals surface area contributed by atoms with Crippen LogP contribution in [0.5, 0.6) is 0 Å². The van der Waals surface area contributed by atoms with Gasteiger partial charge >= 0.3 is 0 Å². The van der Waals surface area contributed by atoms with Crippen molar-refractivity contribution in [3.63, 3.8) is 0 Å². The number of nitrogens with zero attached hydrogens (tertiary/aromatic N) is 1. The summed E-state index contributed by atoms with van der Waals surface area (Å²) in [5.74, 6) is 0.417. The van der Waals surface area contributed by atoms with Crippen LogP contribution < -0.4 is 5.32 Å². The molecular weight excluding hydrogens is 264 g/mol. The molecule has 1 fully saturated rings. The number of hydrogen-bond acceptors (Lipinski definition) is 4. The van der Waals surface area contributed by atoms with Crippen LogP contribution in [0.15, 0.2) is 0 Å². The van der Waals surface area contributed by atoms with E-state index in [-0.39, 0.29) is 23.5 Å². The standard InChI is InChI=1S/C13H26N2O3S/c1-3-5-8-14-9-6-13(16)15(4-2)12-7-10-19(17,18)11-12/h12,14H,3-11H2,1-2H3. The summed E-state index contributed by atoms with van der Waals surface area (Å²) in [7, 11) is -2.93. The highest BCUT2D eigenvalue weighted by atomic mass is 32.2. The summed E-state index contributed by atoms with van der Waals surface area (Å²) < 4.78 is 22.9. The van der Waals surface area contributed by atoms with Crippen molar-refractivity contribution in [2.75, 3.05) is 31.1 Å². The Balaban J connectivity index is 2.36. The van der Waals surface area contributed by atoms with Gasteiger partial charge in [0.15, 0.2) is 9.84 Å². The molecule has 1 aliphatic rings. The summed E-state index contributed by atoms with van der Waals surface area (Å²) in [6, 6.07) is -0.113. The van der Waals surface area contributed by atoms with Gasteiger partial charge in [-0.3, -0.25) is 4.79 Å². The van der Waals surface area contributed by atoms with E-state index in [2.05, 4.69) is 12.2 Å². The largest absolute Gasteiger partial charge is 0.339 e. The van der Waals surface area contributed by atoms with Gasteiger partial charge in [-0.1, -0.05) is 13.3 Å². The Kier molecular flexibility index (Phi) is 6.79. The third-order valence-corrected chi connectivity index (χ3v) is 5.28. The summed E-state index contributed by atoms with van der Waals surface area (Å²) in [6.07, 6.45) is 3.30. The Morgan fingerprint density at radius 3 is 2.58 bits per heavy atom. The lowest BCUT2D eigenvalue weighted by molar-refractivity contribution is -0.132. The third kappa shape index (κ3) is 5.48. The minimum absolute atomic E-state index is 0.0635. The number of unbranched alkanes of at least 4 members (excludes halogenated alkanes) is 1. The highest BCUT2D eigenvalue weighted by Gasteiger charge is 2.33. The molecule has 0 saturated carbocycles. The summed E-state index contributed by atoms with van der Waals surface area (Å²) in [4.78, 5) is 13.8. The maximum atomic E-state index is 12.1. The van der Waals surface area contributed by atoms with Gasteiger partial charge in [-0.25, -0.2) is 8.42 Å². The minimum atomic E-state index is -2.93. The molecule has 1 atom stereocenters. The van der Waals surface area contributed by atoms with Gasteiger partial charge < -0.3 is 10.2 Å². The first-order valence-electron chi connectivity index (χ1n) is 7.20. The highest BCUT2D eigenvalue weighted by Crippen LogP contribution is 2.18. The molecule has 0 aliphatic carbocycles. The monoisotopic (exact) mass is 290 g/mol. The number of nitrogens with one attached hydrogen (secondary N) is 1. The van der Waals surface area contributed by atoms with Crippen molar-refractivity contribution in [2.24, 2.45) is 0 Å². The van der Waals surface area contributed by atoms with Crippen molar-refractivity contribution in [1.29, 1.82) is 0 Å². The zero-order valence-electron chi connectivity index (χ0n) is 12.0. The average molecular weight is 290 g/mol. The topological polar surface area (TPSA) is 66.5 Å². The van der Waals surface area contributed by atoms with Crippen molar-refractivity contribution in [1.82, 2.24) is 10.2 Å². The van der Waals surface area contributed by atoms with Crippen molar-refractivity contribution in [2.45, 2.75) is 45.6 Å². The van der Waals surface area contributed by atoms with E-state index in [0.29, 0.717) is 25.9 Å². The van der Waals surface area contributed by atoms with Gasteiger partial charge in [-0.2, -0.15) is 0 Å². The molecule has 19 heavy (non-hydrogen) atoms. The number of carbonyl (C=O) groups is 1. The Bertz CT molecular complexity index is 381. The Labute approximate surface area is 116 Å². The van der Waals surface area contributed by atoms with Crippen LogP contribution in [-0.2, 0) is 14.6 Å². The van der Waals surface area contributed by atoms with Gasteiger partial charge in [0.2, 0.25) is 5.91 Å².